The molecule has 0 aliphatic carbocycles. The molecule has 0 radical (unpaired) electrons. The number of hydrogen-bond donors (Lipinski definition) is 0. The quantitative estimate of drug-likeness (QED) is 0.0261. The lowest BCUT2D eigenvalue weighted by Crippen LogP contribution is -2.30. The van der Waals surface area contributed by atoms with E-state index in [1.54, 1.807) is 0 Å². The van der Waals surface area contributed by atoms with Crippen molar-refractivity contribution in [3.05, 3.63) is 24.3 Å². The van der Waals surface area contributed by atoms with Gasteiger partial charge in [-0.3, -0.25) is 14.4 Å². The molecule has 6 heteroatoms. The zero-order valence-corrected chi connectivity index (χ0v) is 56.5. The summed E-state index contributed by atoms with van der Waals surface area (Å²) in [5, 5.41) is 0. The Morgan fingerprint density at radius 3 is 0.675 bits per heavy atom. The fourth-order valence-electron chi connectivity index (χ4n) is 11.8. The summed E-state index contributed by atoms with van der Waals surface area (Å²) in [6, 6.07) is 0. The molecule has 490 valence electrons. The molecule has 0 aromatic heterocycles. The van der Waals surface area contributed by atoms with Gasteiger partial charge in [-0.1, -0.05) is 385 Å². The molecule has 83 heavy (non-hydrogen) atoms. The van der Waals surface area contributed by atoms with Crippen molar-refractivity contribution < 1.29 is 28.6 Å². The average Bonchev–Trinajstić information content (AvgIpc) is 3.49. The highest BCUT2D eigenvalue weighted by molar-refractivity contribution is 5.71. The topological polar surface area (TPSA) is 78.9 Å². The van der Waals surface area contributed by atoms with E-state index in [4.69, 9.17) is 14.2 Å². The lowest BCUT2D eigenvalue weighted by Gasteiger charge is -2.18. The zero-order valence-electron chi connectivity index (χ0n) is 56.5. The van der Waals surface area contributed by atoms with Crippen LogP contribution in [0.25, 0.3) is 0 Å². The number of ether oxygens (including phenoxy) is 3. The lowest BCUT2D eigenvalue weighted by molar-refractivity contribution is -0.167. The molecule has 1 atom stereocenters. The van der Waals surface area contributed by atoms with Gasteiger partial charge in [0.25, 0.3) is 0 Å². The minimum Gasteiger partial charge on any atom is -0.462 e. The first-order valence-corrected chi connectivity index (χ1v) is 37.8. The van der Waals surface area contributed by atoms with Gasteiger partial charge in [-0.05, 0) is 51.4 Å². The summed E-state index contributed by atoms with van der Waals surface area (Å²) in [4.78, 5) is 38.5. The smallest absolute Gasteiger partial charge is 0.306 e. The van der Waals surface area contributed by atoms with E-state index in [0.29, 0.717) is 19.3 Å². The number of esters is 3. The maximum Gasteiger partial charge on any atom is 0.306 e. The van der Waals surface area contributed by atoms with Gasteiger partial charge in [-0.25, -0.2) is 0 Å². The van der Waals surface area contributed by atoms with Crippen LogP contribution in [0, 0.1) is 0 Å². The lowest BCUT2D eigenvalue weighted by atomic mass is 10.0. The predicted molar refractivity (Wildman–Crippen MR) is 363 cm³/mol. The molecule has 0 N–H and O–H groups in total. The molecule has 0 aliphatic rings. The summed E-state index contributed by atoms with van der Waals surface area (Å²) in [5.41, 5.74) is 0. The summed E-state index contributed by atoms with van der Waals surface area (Å²) in [6.45, 7) is 6.71. The maximum absolute atomic E-state index is 13.0. The molecule has 1 unspecified atom stereocenters. The first-order chi connectivity index (χ1) is 41.0. The molecule has 0 amide bonds. The predicted octanol–water partition coefficient (Wildman–Crippen LogP) is 26.1. The van der Waals surface area contributed by atoms with E-state index in [-0.39, 0.29) is 31.1 Å². The Balaban J connectivity index is 4.17. The van der Waals surface area contributed by atoms with Crippen molar-refractivity contribution in [2.24, 2.45) is 0 Å². The SMILES string of the molecule is CCCCCC/C=C\C/C=C\CCCCCCCC(=O)OCC(COC(=O)CCCCCCCCCCCCCCCCCCCCCCCCCCCCCCCCC)OC(=O)CCCCCCCCCCCCCCCCCCCC. The first-order valence-electron chi connectivity index (χ1n) is 37.8. The van der Waals surface area contributed by atoms with Gasteiger partial charge in [0, 0.05) is 19.3 Å². The number of allylic oxidation sites excluding steroid dienone is 4. The molecule has 0 saturated carbocycles. The van der Waals surface area contributed by atoms with Gasteiger partial charge in [0.1, 0.15) is 13.2 Å². The van der Waals surface area contributed by atoms with Crippen LogP contribution in [0.15, 0.2) is 24.3 Å². The molecule has 0 rings (SSSR count). The van der Waals surface area contributed by atoms with Crippen LogP contribution < -0.4 is 0 Å². The zero-order chi connectivity index (χ0) is 59.9. The van der Waals surface area contributed by atoms with Crippen LogP contribution in [0.5, 0.6) is 0 Å². The van der Waals surface area contributed by atoms with Gasteiger partial charge >= 0.3 is 17.9 Å². The van der Waals surface area contributed by atoms with Crippen LogP contribution in [0.3, 0.4) is 0 Å². The molecule has 0 heterocycles. The van der Waals surface area contributed by atoms with Crippen molar-refractivity contribution in [2.45, 2.75) is 438 Å². The first kappa shape index (κ1) is 80.9. The Labute approximate surface area is 519 Å². The van der Waals surface area contributed by atoms with E-state index in [9.17, 15) is 14.4 Å². The Morgan fingerprint density at radius 1 is 0.241 bits per heavy atom. The Bertz CT molecular complexity index is 1340. The van der Waals surface area contributed by atoms with Crippen molar-refractivity contribution >= 4 is 17.9 Å². The largest absolute Gasteiger partial charge is 0.462 e. The summed E-state index contributed by atoms with van der Waals surface area (Å²) >= 11 is 0. The third-order valence-corrected chi connectivity index (χ3v) is 17.5. The highest BCUT2D eigenvalue weighted by atomic mass is 16.6. The number of hydrogen-bond acceptors (Lipinski definition) is 6. The van der Waals surface area contributed by atoms with Gasteiger partial charge in [-0.2, -0.15) is 0 Å². The standard InChI is InChI=1S/C77H146O6/c1-4-7-10-13-16-19-22-25-28-31-33-34-35-36-37-38-39-40-41-42-43-44-45-47-49-52-55-58-61-64-67-70-76(79)82-73-74(72-81-75(78)69-66-63-60-57-54-51-48-30-27-24-21-18-15-12-9-6-3)83-77(80)71-68-65-62-59-56-53-50-46-32-29-26-23-20-17-14-11-8-5-2/h21,24,30,48,74H,4-20,22-23,25-29,31-47,49-73H2,1-3H3/b24-21-,48-30-. The molecule has 0 aromatic rings. The second-order valence-electron chi connectivity index (χ2n) is 25.9. The minimum absolute atomic E-state index is 0.0691. The highest BCUT2D eigenvalue weighted by Crippen LogP contribution is 2.20. The molecule has 6 nitrogen and oxygen atoms in total. The van der Waals surface area contributed by atoms with Gasteiger partial charge < -0.3 is 14.2 Å². The molecule has 0 fully saturated rings. The van der Waals surface area contributed by atoms with Crippen LogP contribution in [0.4, 0.5) is 0 Å². The van der Waals surface area contributed by atoms with E-state index in [1.165, 1.54) is 315 Å². The molecule has 0 saturated heterocycles. The molecule has 0 aliphatic heterocycles. The minimum atomic E-state index is -0.774. The van der Waals surface area contributed by atoms with Crippen molar-refractivity contribution in [1.29, 1.82) is 0 Å². The van der Waals surface area contributed by atoms with Crippen LogP contribution in [0.1, 0.15) is 432 Å². The summed E-state index contributed by atoms with van der Waals surface area (Å²) < 4.78 is 17.0. The summed E-state index contributed by atoms with van der Waals surface area (Å²) in [5.74, 6) is -0.848. The number of carbonyl (C=O) groups excluding carboxylic acids is 3. The van der Waals surface area contributed by atoms with Gasteiger partial charge in [0.2, 0.25) is 0 Å². The van der Waals surface area contributed by atoms with Crippen LogP contribution >= 0.6 is 0 Å². The van der Waals surface area contributed by atoms with Crippen molar-refractivity contribution in [1.82, 2.24) is 0 Å². The maximum atomic E-state index is 13.0. The normalized spacial score (nSPS) is 12.1. The summed E-state index contributed by atoms with van der Waals surface area (Å²) in [6.07, 6.45) is 89.5. The van der Waals surface area contributed by atoms with Crippen molar-refractivity contribution in [2.75, 3.05) is 13.2 Å². The fourth-order valence-corrected chi connectivity index (χ4v) is 11.8. The van der Waals surface area contributed by atoms with Gasteiger partial charge in [-0.15, -0.1) is 0 Å². The number of carbonyl (C=O) groups is 3. The van der Waals surface area contributed by atoms with E-state index in [0.717, 1.165) is 77.0 Å². The second kappa shape index (κ2) is 72.4. The molecule has 0 spiro atoms. The van der Waals surface area contributed by atoms with Crippen LogP contribution in [0.2, 0.25) is 0 Å². The van der Waals surface area contributed by atoms with Crippen LogP contribution in [-0.2, 0) is 28.6 Å². The highest BCUT2D eigenvalue weighted by Gasteiger charge is 2.20. The third kappa shape index (κ3) is 70.5. The Kier molecular flexibility index (Phi) is 70.5. The van der Waals surface area contributed by atoms with E-state index < -0.39 is 6.10 Å². The monoisotopic (exact) mass is 1170 g/mol. The third-order valence-electron chi connectivity index (χ3n) is 17.5. The van der Waals surface area contributed by atoms with Crippen LogP contribution in [-0.4, -0.2) is 37.2 Å². The molecule has 0 bridgehead atoms. The van der Waals surface area contributed by atoms with E-state index in [1.807, 2.05) is 0 Å². The van der Waals surface area contributed by atoms with E-state index >= 15 is 0 Å². The fraction of sp³-hybridized carbons (Fsp3) is 0.909. The average molecular weight is 1170 g/mol. The molecular weight excluding hydrogens is 1020 g/mol. The Morgan fingerprint density at radius 2 is 0.434 bits per heavy atom. The van der Waals surface area contributed by atoms with E-state index in [2.05, 4.69) is 45.1 Å². The molecule has 0 aromatic carbocycles. The second-order valence-corrected chi connectivity index (χ2v) is 25.9. The van der Waals surface area contributed by atoms with Gasteiger partial charge in [0.15, 0.2) is 6.10 Å². The summed E-state index contributed by atoms with van der Waals surface area (Å²) in [7, 11) is 0. The number of rotatable bonds is 71. The van der Waals surface area contributed by atoms with Crippen molar-refractivity contribution in [3.8, 4) is 0 Å². The van der Waals surface area contributed by atoms with Crippen molar-refractivity contribution in [3.63, 3.8) is 0 Å². The van der Waals surface area contributed by atoms with Gasteiger partial charge in [0.05, 0.1) is 0 Å². The Hall–Kier alpha value is -2.11. The molecular formula is C77H146O6. The number of unbranched alkanes of at least 4 members (excludes halogenated alkanes) is 56.